The zero-order chi connectivity index (χ0) is 15.2. The molecule has 1 amide bonds. The van der Waals surface area contributed by atoms with Crippen LogP contribution < -0.4 is 0 Å². The molecular formula is C14H22ClN3O3. The van der Waals surface area contributed by atoms with Crippen molar-refractivity contribution < 1.29 is 14.6 Å². The van der Waals surface area contributed by atoms with E-state index < -0.39 is 6.10 Å². The highest BCUT2D eigenvalue weighted by atomic mass is 35.5. The van der Waals surface area contributed by atoms with Crippen LogP contribution in [0.25, 0.3) is 0 Å². The Hall–Kier alpha value is -1.08. The number of ether oxygens (including phenoxy) is 1. The summed E-state index contributed by atoms with van der Waals surface area (Å²) in [4.78, 5) is 19.1. The number of hydrogen-bond donors (Lipinski definition) is 2. The van der Waals surface area contributed by atoms with Crippen LogP contribution in [-0.4, -0.2) is 77.8 Å². The van der Waals surface area contributed by atoms with E-state index in [4.69, 9.17) is 16.3 Å². The number of aliphatic hydroxyl groups is 1. The monoisotopic (exact) mass is 315 g/mol. The molecule has 1 saturated heterocycles. The number of aromatic amines is 1. The average molecular weight is 316 g/mol. The van der Waals surface area contributed by atoms with Crippen LogP contribution in [0.2, 0.25) is 5.02 Å². The predicted molar refractivity (Wildman–Crippen MR) is 80.6 cm³/mol. The molecular weight excluding hydrogens is 294 g/mol. The van der Waals surface area contributed by atoms with Crippen molar-refractivity contribution in [3.05, 3.63) is 23.0 Å². The van der Waals surface area contributed by atoms with Crippen LogP contribution in [0, 0.1) is 0 Å². The number of aromatic nitrogens is 1. The summed E-state index contributed by atoms with van der Waals surface area (Å²) in [6.07, 6.45) is 1.13. The topological polar surface area (TPSA) is 68.8 Å². The number of nitrogens with zero attached hydrogens (tertiary/aromatic N) is 2. The average Bonchev–Trinajstić information content (AvgIpc) is 2.92. The third-order valence-corrected chi connectivity index (χ3v) is 3.74. The molecule has 0 saturated carbocycles. The van der Waals surface area contributed by atoms with E-state index in [0.29, 0.717) is 43.6 Å². The third kappa shape index (κ3) is 4.71. The maximum absolute atomic E-state index is 12.2. The van der Waals surface area contributed by atoms with E-state index >= 15 is 0 Å². The van der Waals surface area contributed by atoms with Crippen LogP contribution in [0.1, 0.15) is 17.4 Å². The number of piperazine rings is 1. The second-order valence-corrected chi connectivity index (χ2v) is 5.57. The first-order valence-electron chi connectivity index (χ1n) is 7.21. The van der Waals surface area contributed by atoms with Crippen LogP contribution in [0.3, 0.4) is 0 Å². The van der Waals surface area contributed by atoms with Crippen molar-refractivity contribution >= 4 is 17.5 Å². The van der Waals surface area contributed by atoms with Crippen LogP contribution in [0.4, 0.5) is 0 Å². The van der Waals surface area contributed by atoms with Crippen LogP contribution in [0.15, 0.2) is 12.3 Å². The lowest BCUT2D eigenvalue weighted by molar-refractivity contribution is 0.0110. The van der Waals surface area contributed by atoms with Gasteiger partial charge in [0.2, 0.25) is 0 Å². The zero-order valence-corrected chi connectivity index (χ0v) is 13.0. The molecule has 1 aromatic heterocycles. The van der Waals surface area contributed by atoms with Gasteiger partial charge in [-0.05, 0) is 13.0 Å². The Morgan fingerprint density at radius 1 is 1.48 bits per heavy atom. The first-order valence-corrected chi connectivity index (χ1v) is 7.59. The second kappa shape index (κ2) is 7.79. The van der Waals surface area contributed by atoms with Gasteiger partial charge in [0.15, 0.2) is 0 Å². The maximum Gasteiger partial charge on any atom is 0.270 e. The lowest BCUT2D eigenvalue weighted by Crippen LogP contribution is -2.50. The van der Waals surface area contributed by atoms with Crippen molar-refractivity contribution in [1.29, 1.82) is 0 Å². The van der Waals surface area contributed by atoms with Crippen LogP contribution in [-0.2, 0) is 4.74 Å². The number of H-pyrrole nitrogens is 1. The molecule has 1 aromatic rings. The number of carbonyl (C=O) groups excluding carboxylic acids is 1. The number of hydrogen-bond acceptors (Lipinski definition) is 4. The normalized spacial score (nSPS) is 18.0. The number of nitrogens with one attached hydrogen (secondary N) is 1. The highest BCUT2D eigenvalue weighted by Gasteiger charge is 2.24. The van der Waals surface area contributed by atoms with Gasteiger partial charge in [-0.1, -0.05) is 11.6 Å². The molecule has 0 aliphatic carbocycles. The van der Waals surface area contributed by atoms with E-state index in [0.717, 1.165) is 13.1 Å². The first kappa shape index (κ1) is 16.3. The Labute approximate surface area is 129 Å². The molecule has 0 aromatic carbocycles. The molecule has 1 fully saturated rings. The van der Waals surface area contributed by atoms with Gasteiger partial charge in [0, 0.05) is 45.5 Å². The molecule has 7 heteroatoms. The quantitative estimate of drug-likeness (QED) is 0.815. The number of amides is 1. The van der Waals surface area contributed by atoms with Gasteiger partial charge in [0.25, 0.3) is 5.91 Å². The van der Waals surface area contributed by atoms with Gasteiger partial charge >= 0.3 is 0 Å². The molecule has 0 unspecified atom stereocenters. The zero-order valence-electron chi connectivity index (χ0n) is 12.2. The molecule has 1 aliphatic rings. The van der Waals surface area contributed by atoms with E-state index in [1.54, 1.807) is 17.2 Å². The number of halogens is 1. The Balaban J connectivity index is 1.76. The molecule has 21 heavy (non-hydrogen) atoms. The Bertz CT molecular complexity index is 458. The summed E-state index contributed by atoms with van der Waals surface area (Å²) in [5.74, 6) is -0.0311. The van der Waals surface area contributed by atoms with Crippen LogP contribution in [0.5, 0.6) is 0 Å². The highest BCUT2D eigenvalue weighted by molar-refractivity contribution is 6.30. The summed E-state index contributed by atoms with van der Waals surface area (Å²) in [6, 6.07) is 1.64. The molecule has 1 atom stereocenters. The van der Waals surface area contributed by atoms with Crippen molar-refractivity contribution in [3.8, 4) is 0 Å². The molecule has 2 N–H and O–H groups in total. The second-order valence-electron chi connectivity index (χ2n) is 5.14. The van der Waals surface area contributed by atoms with E-state index in [9.17, 15) is 9.90 Å². The molecule has 0 spiro atoms. The minimum Gasteiger partial charge on any atom is -0.389 e. The molecule has 6 nitrogen and oxygen atoms in total. The lowest BCUT2D eigenvalue weighted by atomic mass is 10.2. The Morgan fingerprint density at radius 2 is 2.19 bits per heavy atom. The van der Waals surface area contributed by atoms with E-state index in [1.165, 1.54) is 0 Å². The smallest absolute Gasteiger partial charge is 0.270 e. The summed E-state index contributed by atoms with van der Waals surface area (Å²) in [5.41, 5.74) is 0.518. The maximum atomic E-state index is 12.2. The molecule has 1 aliphatic heterocycles. The van der Waals surface area contributed by atoms with E-state index in [1.807, 2.05) is 6.92 Å². The molecule has 0 radical (unpaired) electrons. The summed E-state index contributed by atoms with van der Waals surface area (Å²) in [6.45, 7) is 6.26. The number of carbonyl (C=O) groups is 1. The fourth-order valence-electron chi connectivity index (χ4n) is 2.40. The fourth-order valence-corrected chi connectivity index (χ4v) is 2.56. The minimum atomic E-state index is -0.477. The van der Waals surface area contributed by atoms with Crippen molar-refractivity contribution in [1.82, 2.24) is 14.8 Å². The molecule has 118 valence electrons. The third-order valence-electron chi connectivity index (χ3n) is 3.52. The van der Waals surface area contributed by atoms with E-state index in [-0.39, 0.29) is 5.91 Å². The first-order chi connectivity index (χ1) is 10.1. The predicted octanol–water partition coefficient (Wildman–Crippen LogP) is 0.823. The van der Waals surface area contributed by atoms with Gasteiger partial charge in [-0.2, -0.15) is 0 Å². The van der Waals surface area contributed by atoms with Crippen LogP contribution >= 0.6 is 11.6 Å². The lowest BCUT2D eigenvalue weighted by Gasteiger charge is -2.35. The Kier molecular flexibility index (Phi) is 6.05. The Morgan fingerprint density at radius 3 is 2.76 bits per heavy atom. The minimum absolute atomic E-state index is 0.0311. The molecule has 2 heterocycles. The summed E-state index contributed by atoms with van der Waals surface area (Å²) in [5, 5.41) is 10.4. The van der Waals surface area contributed by atoms with Gasteiger partial charge < -0.3 is 19.7 Å². The van der Waals surface area contributed by atoms with Gasteiger partial charge in [-0.15, -0.1) is 0 Å². The van der Waals surface area contributed by atoms with Gasteiger partial charge in [0.05, 0.1) is 17.7 Å². The van der Waals surface area contributed by atoms with Gasteiger partial charge in [0.1, 0.15) is 5.69 Å². The summed E-state index contributed by atoms with van der Waals surface area (Å²) in [7, 11) is 0. The van der Waals surface area contributed by atoms with E-state index in [2.05, 4.69) is 9.88 Å². The highest BCUT2D eigenvalue weighted by Crippen LogP contribution is 2.13. The number of aliphatic hydroxyl groups excluding tert-OH is 1. The van der Waals surface area contributed by atoms with Crippen molar-refractivity contribution in [2.45, 2.75) is 13.0 Å². The standard InChI is InChI=1S/C14H22ClN3O3/c1-2-21-10-12(19)9-17-3-5-18(6-4-17)14(20)13-7-11(15)8-16-13/h7-8,12,16,19H,2-6,9-10H2,1H3/t12-/m0/s1. The summed E-state index contributed by atoms with van der Waals surface area (Å²) < 4.78 is 5.20. The largest absolute Gasteiger partial charge is 0.389 e. The number of β-amino-alcohol motifs (C(OH)–C–C–N with tert-alkyl or cyclic N) is 1. The number of rotatable bonds is 6. The van der Waals surface area contributed by atoms with Crippen molar-refractivity contribution in [3.63, 3.8) is 0 Å². The SMILES string of the molecule is CCOC[C@@H](O)CN1CCN(C(=O)c2cc(Cl)c[nH]2)CC1. The fraction of sp³-hybridized carbons (Fsp3) is 0.643. The summed E-state index contributed by atoms with van der Waals surface area (Å²) >= 11 is 5.82. The van der Waals surface area contributed by atoms with Gasteiger partial charge in [-0.3, -0.25) is 9.69 Å². The van der Waals surface area contributed by atoms with Gasteiger partial charge in [-0.25, -0.2) is 0 Å². The van der Waals surface area contributed by atoms with Crippen molar-refractivity contribution in [2.24, 2.45) is 0 Å². The molecule has 0 bridgehead atoms. The molecule has 2 rings (SSSR count). The van der Waals surface area contributed by atoms with Crippen molar-refractivity contribution in [2.75, 3.05) is 45.9 Å².